The Hall–Kier alpha value is -2.79. The molecule has 2 heterocycles. The van der Waals surface area contributed by atoms with Gasteiger partial charge in [0.15, 0.2) is 0 Å². The molecule has 0 unspecified atom stereocenters. The van der Waals surface area contributed by atoms with E-state index in [1.165, 1.54) is 0 Å². The van der Waals surface area contributed by atoms with Gasteiger partial charge in [0.25, 0.3) is 5.56 Å². The predicted molar refractivity (Wildman–Crippen MR) is 115 cm³/mol. The molecule has 0 radical (unpaired) electrons. The molecule has 1 aliphatic heterocycles. The number of aromatic nitrogens is 1. The molecule has 0 saturated heterocycles. The largest absolute Gasteiger partial charge is 0.508 e. The first-order valence-electron chi connectivity index (χ1n) is 10.1. The number of H-pyrrole nitrogens is 1. The Balaban J connectivity index is 2.00. The molecule has 1 aromatic heterocycles. The maximum Gasteiger partial charge on any atom is 0.257 e. The number of aliphatic hydroxyl groups excluding tert-OH is 1. The number of phenols is 1. The Morgan fingerprint density at radius 2 is 2.00 bits per heavy atom. The average molecular weight is 395 g/mol. The first-order valence-corrected chi connectivity index (χ1v) is 10.1. The van der Waals surface area contributed by atoms with Gasteiger partial charge in [0.2, 0.25) is 0 Å². The zero-order chi connectivity index (χ0) is 21.1. The molecule has 154 valence electrons. The monoisotopic (exact) mass is 395 g/mol. The Bertz CT molecular complexity index is 971. The summed E-state index contributed by atoms with van der Waals surface area (Å²) in [6, 6.07) is 6.66. The van der Waals surface area contributed by atoms with Crippen LogP contribution in [0.4, 0.5) is 0 Å². The van der Waals surface area contributed by atoms with Gasteiger partial charge in [-0.2, -0.15) is 0 Å². The zero-order valence-electron chi connectivity index (χ0n) is 17.3. The van der Waals surface area contributed by atoms with Crippen molar-refractivity contribution in [1.29, 1.82) is 0 Å². The number of aromatic hydroxyl groups is 1. The molecule has 0 fully saturated rings. The number of phenolic OH excluding ortho intramolecular Hbond substituents is 1. The van der Waals surface area contributed by atoms with E-state index >= 15 is 0 Å². The molecule has 0 amide bonds. The van der Waals surface area contributed by atoms with Gasteiger partial charge in [-0.15, -0.1) is 0 Å². The fourth-order valence-corrected chi connectivity index (χ4v) is 3.55. The molecule has 2 aromatic rings. The quantitative estimate of drug-likeness (QED) is 0.640. The van der Waals surface area contributed by atoms with Crippen LogP contribution >= 0.6 is 0 Å². The maximum absolute atomic E-state index is 12.4. The van der Waals surface area contributed by atoms with Gasteiger partial charge in [0, 0.05) is 17.7 Å². The van der Waals surface area contributed by atoms with Crippen molar-refractivity contribution in [1.82, 2.24) is 4.98 Å². The fourth-order valence-electron chi connectivity index (χ4n) is 3.55. The van der Waals surface area contributed by atoms with Gasteiger partial charge in [-0.1, -0.05) is 57.0 Å². The highest BCUT2D eigenvalue weighted by molar-refractivity contribution is 5.72. The van der Waals surface area contributed by atoms with Gasteiger partial charge in [-0.3, -0.25) is 4.79 Å². The number of aromatic amines is 1. The molecule has 5 heteroatoms. The smallest absolute Gasteiger partial charge is 0.257 e. The minimum Gasteiger partial charge on any atom is -0.508 e. The molecule has 0 spiro atoms. The van der Waals surface area contributed by atoms with E-state index < -0.39 is 6.10 Å². The third-order valence-electron chi connectivity index (χ3n) is 5.57. The summed E-state index contributed by atoms with van der Waals surface area (Å²) in [5.74, 6) is 0.774. The lowest BCUT2D eigenvalue weighted by Crippen LogP contribution is -2.37. The molecule has 1 aliphatic rings. The summed E-state index contributed by atoms with van der Waals surface area (Å²) in [5, 5.41) is 20.4. The van der Waals surface area contributed by atoms with Crippen molar-refractivity contribution in [2.45, 2.75) is 46.3 Å². The molecule has 4 atom stereocenters. The van der Waals surface area contributed by atoms with Gasteiger partial charge in [0.05, 0.1) is 11.7 Å². The van der Waals surface area contributed by atoms with Crippen molar-refractivity contribution < 1.29 is 14.9 Å². The third-order valence-corrected chi connectivity index (χ3v) is 5.57. The van der Waals surface area contributed by atoms with E-state index in [9.17, 15) is 15.0 Å². The highest BCUT2D eigenvalue weighted by Crippen LogP contribution is 2.42. The maximum atomic E-state index is 12.4. The number of benzene rings is 1. The summed E-state index contributed by atoms with van der Waals surface area (Å²) in [5.41, 5.74) is 2.50. The molecule has 1 aromatic carbocycles. The molecular formula is C24H29NO4. The number of pyridine rings is 1. The van der Waals surface area contributed by atoms with Gasteiger partial charge in [0.1, 0.15) is 17.6 Å². The van der Waals surface area contributed by atoms with Gasteiger partial charge in [-0.05, 0) is 36.6 Å². The average Bonchev–Trinajstić information content (AvgIpc) is 2.70. The van der Waals surface area contributed by atoms with Crippen molar-refractivity contribution in [2.75, 3.05) is 0 Å². The van der Waals surface area contributed by atoms with Crippen LogP contribution in [0.2, 0.25) is 0 Å². The van der Waals surface area contributed by atoms with Gasteiger partial charge in [-0.25, -0.2) is 0 Å². The Morgan fingerprint density at radius 1 is 1.31 bits per heavy atom. The summed E-state index contributed by atoms with van der Waals surface area (Å²) in [6.45, 7) is 8.25. The molecule has 3 N–H and O–H groups in total. The zero-order valence-corrected chi connectivity index (χ0v) is 17.3. The van der Waals surface area contributed by atoms with Crippen LogP contribution in [-0.4, -0.2) is 21.3 Å². The second kappa shape index (κ2) is 8.70. The van der Waals surface area contributed by atoms with Crippen LogP contribution in [-0.2, 0) is 0 Å². The van der Waals surface area contributed by atoms with Crippen LogP contribution in [0.15, 0.2) is 59.1 Å². The Labute approximate surface area is 171 Å². The number of fused-ring (bicyclic) bond motifs is 1. The Morgan fingerprint density at radius 3 is 2.66 bits per heavy atom. The van der Waals surface area contributed by atoms with E-state index in [2.05, 4.69) is 24.9 Å². The highest BCUT2D eigenvalue weighted by Gasteiger charge is 2.36. The topological polar surface area (TPSA) is 82.5 Å². The number of nitrogens with one attached hydrogen (secondary N) is 1. The third kappa shape index (κ3) is 4.46. The van der Waals surface area contributed by atoms with Gasteiger partial charge < -0.3 is 19.9 Å². The van der Waals surface area contributed by atoms with Crippen molar-refractivity contribution in [3.63, 3.8) is 0 Å². The van der Waals surface area contributed by atoms with E-state index in [0.29, 0.717) is 17.2 Å². The number of allylic oxidation sites excluding steroid dienone is 3. The Kier molecular flexibility index (Phi) is 6.28. The van der Waals surface area contributed by atoms with Crippen molar-refractivity contribution in [2.24, 2.45) is 11.8 Å². The van der Waals surface area contributed by atoms with E-state index in [0.717, 1.165) is 17.6 Å². The van der Waals surface area contributed by atoms with E-state index in [1.54, 1.807) is 30.5 Å². The molecule has 3 rings (SSSR count). The summed E-state index contributed by atoms with van der Waals surface area (Å²) in [4.78, 5) is 15.1. The molecule has 0 aliphatic carbocycles. The van der Waals surface area contributed by atoms with Crippen LogP contribution in [0.5, 0.6) is 11.5 Å². The fraction of sp³-hybridized carbons (Fsp3) is 0.375. The van der Waals surface area contributed by atoms with E-state index in [-0.39, 0.29) is 28.9 Å². The summed E-state index contributed by atoms with van der Waals surface area (Å²) < 4.78 is 6.24. The van der Waals surface area contributed by atoms with Crippen molar-refractivity contribution in [3.05, 3.63) is 70.2 Å². The van der Waals surface area contributed by atoms with E-state index in [1.807, 2.05) is 26.0 Å². The normalized spacial score (nSPS) is 22.9. The predicted octanol–water partition coefficient (Wildman–Crippen LogP) is 4.73. The number of hydrogen-bond acceptors (Lipinski definition) is 4. The summed E-state index contributed by atoms with van der Waals surface area (Å²) in [6.07, 6.45) is 7.53. The SMILES string of the molecule is CC[C@H](C)/C=C(C)/C=C/[C@H]1Oc2c(-c3ccc(O)cc3)c[nH]c(=O)c2[C@H](O)[C@H]1C. The molecule has 0 saturated carbocycles. The first kappa shape index (κ1) is 20.9. The minimum absolute atomic E-state index is 0.158. The van der Waals surface area contributed by atoms with Crippen LogP contribution in [0.3, 0.4) is 0 Å². The lowest BCUT2D eigenvalue weighted by atomic mass is 9.87. The summed E-state index contributed by atoms with van der Waals surface area (Å²) in [7, 11) is 0. The lowest BCUT2D eigenvalue weighted by Gasteiger charge is -2.34. The molecule has 5 nitrogen and oxygen atoms in total. The number of hydrogen-bond donors (Lipinski definition) is 3. The second-order valence-corrected chi connectivity index (χ2v) is 7.86. The summed E-state index contributed by atoms with van der Waals surface area (Å²) >= 11 is 0. The number of rotatable bonds is 5. The molecular weight excluding hydrogens is 366 g/mol. The van der Waals surface area contributed by atoms with Gasteiger partial charge >= 0.3 is 0 Å². The van der Waals surface area contributed by atoms with Crippen LogP contribution in [0.25, 0.3) is 11.1 Å². The lowest BCUT2D eigenvalue weighted by molar-refractivity contribution is 0.0288. The van der Waals surface area contributed by atoms with Crippen LogP contribution in [0.1, 0.15) is 45.8 Å². The highest BCUT2D eigenvalue weighted by atomic mass is 16.5. The molecule has 29 heavy (non-hydrogen) atoms. The standard InChI is InChI=1S/C24H29NO4/c1-5-14(2)12-15(3)6-11-20-16(4)22(27)21-23(29-20)19(13-25-24(21)28)17-7-9-18(26)10-8-17/h6-14,16,20,22,26-27H,5H2,1-4H3,(H,25,28)/b11-6+,15-12+/t14-,16-,20+,22+/m0/s1. The van der Waals surface area contributed by atoms with Crippen LogP contribution in [0, 0.1) is 11.8 Å². The second-order valence-electron chi connectivity index (χ2n) is 7.86. The van der Waals surface area contributed by atoms with Crippen LogP contribution < -0.4 is 10.3 Å². The van der Waals surface area contributed by atoms with E-state index in [4.69, 9.17) is 4.74 Å². The number of ether oxygens (including phenoxy) is 1. The first-order chi connectivity index (χ1) is 13.8. The molecule has 0 bridgehead atoms. The minimum atomic E-state index is -0.937. The number of aliphatic hydroxyl groups is 1. The van der Waals surface area contributed by atoms with Crippen molar-refractivity contribution >= 4 is 0 Å². The van der Waals surface area contributed by atoms with Crippen molar-refractivity contribution in [3.8, 4) is 22.6 Å².